The molecule has 0 atom stereocenters. The molecule has 114 valence electrons. The fourth-order valence-electron chi connectivity index (χ4n) is 1.54. The summed E-state index contributed by atoms with van der Waals surface area (Å²) in [6.07, 6.45) is 0. The molecule has 0 saturated carbocycles. The van der Waals surface area contributed by atoms with Gasteiger partial charge < -0.3 is 10.6 Å². The van der Waals surface area contributed by atoms with E-state index in [9.17, 15) is 9.59 Å². The second kappa shape index (κ2) is 7.20. The molecule has 0 aromatic heterocycles. The third-order valence-electron chi connectivity index (χ3n) is 2.56. The molecule has 0 fully saturated rings. The largest absolute Gasteiger partial charge is 0.316 e. The van der Waals surface area contributed by atoms with Crippen LogP contribution in [0.25, 0.3) is 0 Å². The maximum absolute atomic E-state index is 11.9. The molecular formula is C14H8Cl4N2O2. The Hall–Kier alpha value is -1.46. The molecule has 0 saturated heterocycles. The monoisotopic (exact) mass is 376 g/mol. The van der Waals surface area contributed by atoms with Crippen LogP contribution in [-0.2, 0) is 9.59 Å². The Labute approximate surface area is 146 Å². The standard InChI is InChI=1S/C14H8Cl4N2O2/c15-7-2-4-11(10(18)5-7)19-13(21)14(22)20-12-6-8(16)1-3-9(12)17/h1-6H,(H,19,21)(H,20,22). The first kappa shape index (κ1) is 16.9. The minimum Gasteiger partial charge on any atom is -0.316 e. The molecule has 22 heavy (non-hydrogen) atoms. The lowest BCUT2D eigenvalue weighted by atomic mass is 10.3. The van der Waals surface area contributed by atoms with Crippen molar-refractivity contribution in [1.82, 2.24) is 0 Å². The molecule has 2 rings (SSSR count). The van der Waals surface area contributed by atoms with E-state index in [0.29, 0.717) is 10.0 Å². The van der Waals surface area contributed by atoms with E-state index in [0.717, 1.165) is 0 Å². The Morgan fingerprint density at radius 2 is 1.23 bits per heavy atom. The Morgan fingerprint density at radius 1 is 0.682 bits per heavy atom. The molecule has 0 spiro atoms. The van der Waals surface area contributed by atoms with Crippen molar-refractivity contribution < 1.29 is 9.59 Å². The first-order valence-corrected chi connectivity index (χ1v) is 7.40. The van der Waals surface area contributed by atoms with Crippen molar-refractivity contribution in [1.29, 1.82) is 0 Å². The minimum atomic E-state index is -0.907. The summed E-state index contributed by atoms with van der Waals surface area (Å²) in [6.45, 7) is 0. The number of amides is 2. The zero-order valence-corrected chi connectivity index (χ0v) is 13.8. The van der Waals surface area contributed by atoms with Crippen LogP contribution in [0.1, 0.15) is 0 Å². The summed E-state index contributed by atoms with van der Waals surface area (Å²) >= 11 is 23.4. The van der Waals surface area contributed by atoms with Gasteiger partial charge in [-0.15, -0.1) is 0 Å². The van der Waals surface area contributed by atoms with Gasteiger partial charge in [-0.3, -0.25) is 9.59 Å². The second-order valence-corrected chi connectivity index (χ2v) is 5.84. The molecule has 2 aromatic rings. The van der Waals surface area contributed by atoms with Crippen molar-refractivity contribution in [2.45, 2.75) is 0 Å². The zero-order chi connectivity index (χ0) is 16.3. The lowest BCUT2D eigenvalue weighted by Gasteiger charge is -2.09. The average Bonchev–Trinajstić information content (AvgIpc) is 2.45. The van der Waals surface area contributed by atoms with Crippen LogP contribution in [0, 0.1) is 0 Å². The van der Waals surface area contributed by atoms with Crippen LogP contribution >= 0.6 is 46.4 Å². The highest BCUT2D eigenvalue weighted by Crippen LogP contribution is 2.27. The van der Waals surface area contributed by atoms with E-state index >= 15 is 0 Å². The molecule has 0 aliphatic carbocycles. The summed E-state index contributed by atoms with van der Waals surface area (Å²) in [4.78, 5) is 23.7. The first-order chi connectivity index (χ1) is 10.4. The summed E-state index contributed by atoms with van der Waals surface area (Å²) in [7, 11) is 0. The number of nitrogens with one attached hydrogen (secondary N) is 2. The van der Waals surface area contributed by atoms with Gasteiger partial charge in [0.05, 0.1) is 21.4 Å². The molecule has 0 unspecified atom stereocenters. The number of benzene rings is 2. The van der Waals surface area contributed by atoms with Crippen LogP contribution in [0.15, 0.2) is 36.4 Å². The van der Waals surface area contributed by atoms with Crippen LogP contribution in [-0.4, -0.2) is 11.8 Å². The number of hydrogen-bond donors (Lipinski definition) is 2. The number of anilines is 2. The third kappa shape index (κ3) is 4.27. The van der Waals surface area contributed by atoms with Crippen molar-refractivity contribution in [2.24, 2.45) is 0 Å². The number of carbonyl (C=O) groups excluding carboxylic acids is 2. The number of halogens is 4. The summed E-state index contributed by atoms with van der Waals surface area (Å²) < 4.78 is 0. The lowest BCUT2D eigenvalue weighted by Crippen LogP contribution is -2.29. The highest BCUT2D eigenvalue weighted by Gasteiger charge is 2.17. The van der Waals surface area contributed by atoms with Gasteiger partial charge in [0.2, 0.25) is 0 Å². The maximum atomic E-state index is 11.9. The van der Waals surface area contributed by atoms with Crippen molar-refractivity contribution in [2.75, 3.05) is 10.6 Å². The molecule has 0 heterocycles. The molecule has 2 N–H and O–H groups in total. The maximum Gasteiger partial charge on any atom is 0.314 e. The Morgan fingerprint density at radius 3 is 1.86 bits per heavy atom. The lowest BCUT2D eigenvalue weighted by molar-refractivity contribution is -0.132. The summed E-state index contributed by atoms with van der Waals surface area (Å²) in [6, 6.07) is 8.98. The molecule has 0 bridgehead atoms. The molecule has 0 aliphatic heterocycles. The highest BCUT2D eigenvalue weighted by atomic mass is 35.5. The van der Waals surface area contributed by atoms with Gasteiger partial charge in [0.15, 0.2) is 0 Å². The van der Waals surface area contributed by atoms with Crippen molar-refractivity contribution >= 4 is 69.6 Å². The molecule has 2 amide bonds. The van der Waals surface area contributed by atoms with Crippen LogP contribution in [0.2, 0.25) is 20.1 Å². The number of hydrogen-bond acceptors (Lipinski definition) is 2. The van der Waals surface area contributed by atoms with Gasteiger partial charge in [0, 0.05) is 10.0 Å². The SMILES string of the molecule is O=C(Nc1ccc(Cl)cc1Cl)C(=O)Nc1cc(Cl)ccc1Cl. The highest BCUT2D eigenvalue weighted by molar-refractivity contribution is 6.46. The molecule has 4 nitrogen and oxygen atoms in total. The van der Waals surface area contributed by atoms with Gasteiger partial charge in [0.25, 0.3) is 0 Å². The van der Waals surface area contributed by atoms with E-state index in [2.05, 4.69) is 10.6 Å². The van der Waals surface area contributed by atoms with Gasteiger partial charge in [0.1, 0.15) is 0 Å². The second-order valence-electron chi connectivity index (χ2n) is 4.16. The van der Waals surface area contributed by atoms with Crippen molar-refractivity contribution in [3.63, 3.8) is 0 Å². The van der Waals surface area contributed by atoms with Gasteiger partial charge >= 0.3 is 11.8 Å². The van der Waals surface area contributed by atoms with E-state index in [1.54, 1.807) is 6.07 Å². The normalized spacial score (nSPS) is 10.2. The smallest absolute Gasteiger partial charge is 0.314 e. The molecule has 0 radical (unpaired) electrons. The van der Waals surface area contributed by atoms with Crippen LogP contribution in [0.3, 0.4) is 0 Å². The number of rotatable bonds is 2. The molecular weight excluding hydrogens is 370 g/mol. The van der Waals surface area contributed by atoms with Crippen LogP contribution in [0.5, 0.6) is 0 Å². The van der Waals surface area contributed by atoms with E-state index < -0.39 is 11.8 Å². The topological polar surface area (TPSA) is 58.2 Å². The number of carbonyl (C=O) groups is 2. The predicted octanol–water partition coefficient (Wildman–Crippen LogP) is 4.88. The molecule has 2 aromatic carbocycles. The van der Waals surface area contributed by atoms with Gasteiger partial charge in [-0.25, -0.2) is 0 Å². The molecule has 0 aliphatic rings. The summed E-state index contributed by atoms with van der Waals surface area (Å²) in [5.74, 6) is -1.81. The summed E-state index contributed by atoms with van der Waals surface area (Å²) in [5.41, 5.74) is 0.500. The van der Waals surface area contributed by atoms with Gasteiger partial charge in [-0.05, 0) is 36.4 Å². The first-order valence-electron chi connectivity index (χ1n) is 5.89. The fraction of sp³-hybridized carbons (Fsp3) is 0. The Balaban J connectivity index is 2.09. The summed E-state index contributed by atoms with van der Waals surface area (Å²) in [5, 5.41) is 6.01. The van der Waals surface area contributed by atoms with E-state index in [4.69, 9.17) is 46.4 Å². The quantitative estimate of drug-likeness (QED) is 0.733. The Bertz CT molecular complexity index is 750. The predicted molar refractivity (Wildman–Crippen MR) is 90.2 cm³/mol. The van der Waals surface area contributed by atoms with Crippen LogP contribution < -0.4 is 10.6 Å². The third-order valence-corrected chi connectivity index (χ3v) is 3.67. The van der Waals surface area contributed by atoms with Gasteiger partial charge in [-0.1, -0.05) is 46.4 Å². The van der Waals surface area contributed by atoms with Crippen molar-refractivity contribution in [3.8, 4) is 0 Å². The van der Waals surface area contributed by atoms with Crippen molar-refractivity contribution in [3.05, 3.63) is 56.5 Å². The zero-order valence-electron chi connectivity index (χ0n) is 10.8. The molecule has 8 heteroatoms. The average molecular weight is 378 g/mol. The Kier molecular flexibility index (Phi) is 5.53. The van der Waals surface area contributed by atoms with E-state index in [1.807, 2.05) is 0 Å². The van der Waals surface area contributed by atoms with E-state index in [1.165, 1.54) is 30.3 Å². The van der Waals surface area contributed by atoms with Gasteiger partial charge in [-0.2, -0.15) is 0 Å². The van der Waals surface area contributed by atoms with Crippen LogP contribution in [0.4, 0.5) is 11.4 Å². The minimum absolute atomic E-state index is 0.217. The fourth-order valence-corrected chi connectivity index (χ4v) is 2.33. The van der Waals surface area contributed by atoms with E-state index in [-0.39, 0.29) is 21.4 Å².